The molecule has 14 heteroatoms. The Labute approximate surface area is 216 Å². The van der Waals surface area contributed by atoms with E-state index < -0.39 is 71.6 Å². The van der Waals surface area contributed by atoms with E-state index in [0.29, 0.717) is 13.0 Å². The average Bonchev–Trinajstić information content (AvgIpc) is 3.20. The highest BCUT2D eigenvalue weighted by Crippen LogP contribution is 2.23. The normalized spacial score (nSPS) is 17.2. The van der Waals surface area contributed by atoms with Gasteiger partial charge in [-0.3, -0.25) is 28.7 Å². The van der Waals surface area contributed by atoms with E-state index >= 15 is 0 Å². The summed E-state index contributed by atoms with van der Waals surface area (Å²) >= 11 is 0. The molecule has 0 radical (unpaired) electrons. The van der Waals surface area contributed by atoms with Crippen molar-refractivity contribution < 1.29 is 46.3 Å². The van der Waals surface area contributed by atoms with Gasteiger partial charge in [0.2, 0.25) is 11.8 Å². The summed E-state index contributed by atoms with van der Waals surface area (Å²) in [7, 11) is 0. The van der Waals surface area contributed by atoms with E-state index in [1.807, 2.05) is 0 Å². The highest BCUT2D eigenvalue weighted by molar-refractivity contribution is 6.40. The number of carbonyl (C=O) groups excluding carboxylic acids is 5. The molecule has 2 rings (SSSR count). The molecule has 0 spiro atoms. The minimum atomic E-state index is -5.09. The molecule has 210 valence electrons. The molecule has 1 aromatic rings. The summed E-state index contributed by atoms with van der Waals surface area (Å²) in [5.74, 6) is -6.59. The predicted molar refractivity (Wildman–Crippen MR) is 126 cm³/mol. The number of ether oxygens (including phenoxy) is 1. The fourth-order valence-electron chi connectivity index (χ4n) is 3.74. The lowest BCUT2D eigenvalue weighted by Crippen LogP contribution is -2.55. The maximum Gasteiger partial charge on any atom is 0.522 e. The Bertz CT molecular complexity index is 1060. The van der Waals surface area contributed by atoms with Gasteiger partial charge in [-0.1, -0.05) is 32.9 Å². The molecule has 1 aliphatic rings. The Morgan fingerprint density at radius 3 is 2.26 bits per heavy atom. The van der Waals surface area contributed by atoms with Crippen molar-refractivity contribution in [3.8, 4) is 0 Å². The number of para-hydroxylation sites is 1. The number of benzene rings is 1. The maximum atomic E-state index is 13.8. The number of hydrogen-bond donors (Lipinski definition) is 4. The Morgan fingerprint density at radius 1 is 1.05 bits per heavy atom. The number of carbonyl (C=O) groups is 5. The molecule has 1 saturated heterocycles. The maximum absolute atomic E-state index is 13.8. The second-order valence-corrected chi connectivity index (χ2v) is 10.00. The van der Waals surface area contributed by atoms with Crippen molar-refractivity contribution in [2.24, 2.45) is 11.3 Å². The van der Waals surface area contributed by atoms with Crippen molar-refractivity contribution >= 4 is 35.1 Å². The number of rotatable bonds is 10. The lowest BCUT2D eigenvalue weighted by Gasteiger charge is -2.28. The van der Waals surface area contributed by atoms with Gasteiger partial charge in [-0.2, -0.15) is 0 Å². The lowest BCUT2D eigenvalue weighted by atomic mass is 9.87. The van der Waals surface area contributed by atoms with Crippen LogP contribution in [0.4, 0.5) is 23.2 Å². The zero-order valence-corrected chi connectivity index (χ0v) is 21.0. The number of Topliss-reactive ketones (excluding diaryl/α,β-unsaturated/α-hetero) is 1. The molecule has 4 N–H and O–H groups in total. The molecule has 4 amide bonds. The molecular formula is C24H30F4N4O6. The Hall–Kier alpha value is -3.55. The number of ketones is 1. The van der Waals surface area contributed by atoms with Crippen LogP contribution in [0.2, 0.25) is 0 Å². The first-order chi connectivity index (χ1) is 17.6. The second-order valence-electron chi connectivity index (χ2n) is 10.00. The quantitative estimate of drug-likeness (QED) is 0.260. The number of nitrogens with one attached hydrogen (secondary N) is 4. The van der Waals surface area contributed by atoms with Gasteiger partial charge in [-0.05, 0) is 36.8 Å². The fourth-order valence-corrected chi connectivity index (χ4v) is 3.74. The van der Waals surface area contributed by atoms with Gasteiger partial charge < -0.3 is 21.3 Å². The summed E-state index contributed by atoms with van der Waals surface area (Å²) in [6, 6.07) is 2.15. The van der Waals surface area contributed by atoms with Crippen molar-refractivity contribution in [2.45, 2.75) is 58.5 Å². The van der Waals surface area contributed by atoms with Gasteiger partial charge in [0.25, 0.3) is 0 Å². The summed E-state index contributed by atoms with van der Waals surface area (Å²) in [6.45, 7) is 4.08. The van der Waals surface area contributed by atoms with Crippen LogP contribution in [-0.2, 0) is 28.7 Å². The van der Waals surface area contributed by atoms with Crippen LogP contribution in [0.25, 0.3) is 0 Å². The SMILES string of the molecule is CC(C)(C)C[C@H](NC(=O)C(=O)Nc1ccccc1F)C(=O)N[C@@H](C[C@@H]1CCNC1=O)C(=O)COC(F)(F)F. The molecule has 10 nitrogen and oxygen atoms in total. The van der Waals surface area contributed by atoms with Gasteiger partial charge in [0.1, 0.15) is 18.5 Å². The summed E-state index contributed by atoms with van der Waals surface area (Å²) in [5.41, 5.74) is -0.865. The first-order valence-electron chi connectivity index (χ1n) is 11.7. The first-order valence-corrected chi connectivity index (χ1v) is 11.7. The molecule has 3 atom stereocenters. The third-order valence-corrected chi connectivity index (χ3v) is 5.53. The summed E-state index contributed by atoms with van der Waals surface area (Å²) < 4.78 is 54.9. The molecular weight excluding hydrogens is 516 g/mol. The number of halogens is 4. The van der Waals surface area contributed by atoms with Crippen molar-refractivity contribution in [1.82, 2.24) is 16.0 Å². The van der Waals surface area contributed by atoms with E-state index in [-0.39, 0.29) is 18.5 Å². The number of amides is 4. The van der Waals surface area contributed by atoms with Gasteiger partial charge in [0.15, 0.2) is 5.78 Å². The van der Waals surface area contributed by atoms with E-state index in [1.165, 1.54) is 18.2 Å². The van der Waals surface area contributed by atoms with Crippen LogP contribution in [0.3, 0.4) is 0 Å². The Morgan fingerprint density at radius 2 is 1.71 bits per heavy atom. The summed E-state index contributed by atoms with van der Waals surface area (Å²) in [6.07, 6.45) is -5.12. The molecule has 0 aliphatic carbocycles. The van der Waals surface area contributed by atoms with Gasteiger partial charge in [0, 0.05) is 12.5 Å². The highest BCUT2D eigenvalue weighted by atomic mass is 19.4. The van der Waals surface area contributed by atoms with Gasteiger partial charge in [-0.25, -0.2) is 4.39 Å². The van der Waals surface area contributed by atoms with Gasteiger partial charge >= 0.3 is 18.2 Å². The van der Waals surface area contributed by atoms with Gasteiger partial charge in [0.05, 0.1) is 11.7 Å². The van der Waals surface area contributed by atoms with Crippen molar-refractivity contribution in [1.29, 1.82) is 0 Å². The molecule has 0 saturated carbocycles. The molecule has 1 aliphatic heterocycles. The fraction of sp³-hybridized carbons (Fsp3) is 0.542. The van der Waals surface area contributed by atoms with Crippen molar-refractivity contribution in [3.05, 3.63) is 30.1 Å². The smallest absolute Gasteiger partial charge is 0.356 e. The monoisotopic (exact) mass is 546 g/mol. The van der Waals surface area contributed by atoms with E-state index in [9.17, 15) is 41.5 Å². The number of anilines is 1. The number of alkyl halides is 3. The van der Waals surface area contributed by atoms with Crippen LogP contribution in [0, 0.1) is 17.2 Å². The standard InChI is InChI=1S/C24H30F4N4O6/c1-23(2,3)11-17(32-22(37)21(36)30-15-7-5-4-6-14(15)25)20(35)31-16(10-13-8-9-29-19(13)34)18(33)12-38-24(26,27)28/h4-7,13,16-17H,8-12H2,1-3H3,(H,29,34)(H,30,36)(H,31,35)(H,32,37)/t13-,16-,17-/m0/s1. The average molecular weight is 547 g/mol. The minimum absolute atomic E-state index is 0.0403. The van der Waals surface area contributed by atoms with E-state index in [0.717, 1.165) is 6.07 Å². The Kier molecular flexibility index (Phi) is 10.3. The number of hydrogen-bond acceptors (Lipinski definition) is 6. The van der Waals surface area contributed by atoms with E-state index in [2.05, 4.69) is 26.0 Å². The molecule has 1 aromatic carbocycles. The van der Waals surface area contributed by atoms with Crippen LogP contribution in [0.5, 0.6) is 0 Å². The first kappa shape index (κ1) is 30.7. The largest absolute Gasteiger partial charge is 0.522 e. The molecule has 1 fully saturated rings. The molecule has 0 aromatic heterocycles. The van der Waals surface area contributed by atoms with Gasteiger partial charge in [-0.15, -0.1) is 13.2 Å². The van der Waals surface area contributed by atoms with Crippen LogP contribution < -0.4 is 21.3 Å². The highest BCUT2D eigenvalue weighted by Gasteiger charge is 2.37. The zero-order valence-electron chi connectivity index (χ0n) is 21.0. The van der Waals surface area contributed by atoms with Crippen LogP contribution in [0.1, 0.15) is 40.0 Å². The molecule has 0 bridgehead atoms. The zero-order chi connectivity index (χ0) is 28.7. The Balaban J connectivity index is 2.18. The minimum Gasteiger partial charge on any atom is -0.356 e. The van der Waals surface area contributed by atoms with Crippen LogP contribution in [0.15, 0.2) is 24.3 Å². The van der Waals surface area contributed by atoms with Crippen LogP contribution in [-0.4, -0.2) is 61.0 Å². The third kappa shape index (κ3) is 10.1. The second kappa shape index (κ2) is 12.8. The summed E-state index contributed by atoms with van der Waals surface area (Å²) in [4.78, 5) is 62.5. The van der Waals surface area contributed by atoms with Crippen LogP contribution >= 0.6 is 0 Å². The predicted octanol–water partition coefficient (Wildman–Crippen LogP) is 1.80. The summed E-state index contributed by atoms with van der Waals surface area (Å²) in [5, 5.41) is 9.15. The molecule has 38 heavy (non-hydrogen) atoms. The molecule has 0 unspecified atom stereocenters. The third-order valence-electron chi connectivity index (χ3n) is 5.53. The topological polar surface area (TPSA) is 143 Å². The van der Waals surface area contributed by atoms with E-state index in [1.54, 1.807) is 20.8 Å². The van der Waals surface area contributed by atoms with Crippen molar-refractivity contribution in [2.75, 3.05) is 18.5 Å². The van der Waals surface area contributed by atoms with Crippen molar-refractivity contribution in [3.63, 3.8) is 0 Å². The molecule has 1 heterocycles. The van der Waals surface area contributed by atoms with E-state index in [4.69, 9.17) is 0 Å². The lowest BCUT2D eigenvalue weighted by molar-refractivity contribution is -0.321.